The van der Waals surface area contributed by atoms with E-state index in [0.29, 0.717) is 11.7 Å². The topological polar surface area (TPSA) is 167 Å². The molecule has 1 saturated heterocycles. The number of aromatic nitrogens is 4. The van der Waals surface area contributed by atoms with E-state index in [1.165, 1.54) is 31.5 Å². The van der Waals surface area contributed by atoms with Crippen LogP contribution in [0.2, 0.25) is 0 Å². The largest absolute Gasteiger partial charge is 0.402 e. The molecule has 4 rings (SSSR count). The lowest BCUT2D eigenvalue weighted by molar-refractivity contribution is 0.185. The molecule has 39 heavy (non-hydrogen) atoms. The predicted octanol–water partition coefficient (Wildman–Crippen LogP) is 4.04. The van der Waals surface area contributed by atoms with Crippen LogP contribution in [0.15, 0.2) is 33.5 Å². The number of nitrogens with one attached hydrogen (secondary N) is 1. The average molecular weight is 536 g/mol. The van der Waals surface area contributed by atoms with Crippen molar-refractivity contribution in [1.82, 2.24) is 25.1 Å². The van der Waals surface area contributed by atoms with Gasteiger partial charge in [0.2, 0.25) is 0 Å². The second-order valence-electron chi connectivity index (χ2n) is 10.3. The van der Waals surface area contributed by atoms with E-state index in [2.05, 4.69) is 71.0 Å². The smallest absolute Gasteiger partial charge is 0.313 e. The monoisotopic (exact) mass is 535 g/mol. The van der Waals surface area contributed by atoms with E-state index in [1.54, 1.807) is 0 Å². The van der Waals surface area contributed by atoms with Gasteiger partial charge in [-0.2, -0.15) is 5.26 Å². The van der Waals surface area contributed by atoms with Crippen LogP contribution in [0, 0.1) is 23.2 Å². The third-order valence-electron chi connectivity index (χ3n) is 6.97. The fourth-order valence-corrected chi connectivity index (χ4v) is 4.39. The van der Waals surface area contributed by atoms with Gasteiger partial charge >= 0.3 is 6.01 Å². The van der Waals surface area contributed by atoms with E-state index in [-0.39, 0.29) is 29.0 Å². The quantitative estimate of drug-likeness (QED) is 0.364. The molecule has 11 heteroatoms. The van der Waals surface area contributed by atoms with Gasteiger partial charge in [0.05, 0.1) is 11.6 Å². The molecule has 0 bridgehead atoms. The van der Waals surface area contributed by atoms with E-state index in [9.17, 15) is 4.79 Å². The van der Waals surface area contributed by atoms with Gasteiger partial charge in [0.15, 0.2) is 11.6 Å². The summed E-state index contributed by atoms with van der Waals surface area (Å²) in [4.78, 5) is 23.8. The van der Waals surface area contributed by atoms with Crippen molar-refractivity contribution in [2.75, 3.05) is 42.5 Å². The first-order valence-corrected chi connectivity index (χ1v) is 13.7. The standard InChI is InChI=1S/C14H23N7O2.C14H18N2/c1-4-6-21(7-8(3)5-2)11-12(22)17-9(10(15)18-11)13-19-20-14(16)23-13;1-12-6-8-16(9-7-12)11-14-4-2-13(10-15)3-5-14/h8H,4-7H2,1-3H3,(H2,15,18)(H2,16,20)(H,17,22);2-5,12H,6-9,11H2,1H3. The maximum Gasteiger partial charge on any atom is 0.313 e. The molecule has 1 aromatic carbocycles. The third kappa shape index (κ3) is 8.55. The number of anilines is 3. The fraction of sp³-hybridized carbons (Fsp3) is 0.536. The Balaban J connectivity index is 0.000000230. The number of nitrogens with two attached hydrogens (primary N) is 2. The number of benzene rings is 1. The van der Waals surface area contributed by atoms with E-state index < -0.39 is 0 Å². The summed E-state index contributed by atoms with van der Waals surface area (Å²) in [5, 5.41) is 16.0. The summed E-state index contributed by atoms with van der Waals surface area (Å²) >= 11 is 0. The molecule has 1 aliphatic heterocycles. The second kappa shape index (κ2) is 14.3. The van der Waals surface area contributed by atoms with Crippen LogP contribution in [0.5, 0.6) is 0 Å². The molecule has 0 saturated carbocycles. The molecule has 0 radical (unpaired) electrons. The highest BCUT2D eigenvalue weighted by atomic mass is 16.4. The SMILES string of the molecule is CC1CCN(Cc2ccc(C#N)cc2)CC1.CCCN(CC(C)CC)c1nc(N)c(-c2nnc(N)o2)[nH]c1=O. The van der Waals surface area contributed by atoms with E-state index in [0.717, 1.165) is 44.0 Å². The summed E-state index contributed by atoms with van der Waals surface area (Å²) < 4.78 is 5.09. The Morgan fingerprint density at radius 1 is 1.21 bits per heavy atom. The second-order valence-corrected chi connectivity index (χ2v) is 10.3. The van der Waals surface area contributed by atoms with Gasteiger partial charge in [0, 0.05) is 19.6 Å². The van der Waals surface area contributed by atoms with E-state index in [4.69, 9.17) is 21.1 Å². The minimum Gasteiger partial charge on any atom is -0.402 e. The molecule has 2 aromatic heterocycles. The zero-order chi connectivity index (χ0) is 28.4. The number of nitriles is 1. The molecule has 11 nitrogen and oxygen atoms in total. The van der Waals surface area contributed by atoms with E-state index in [1.807, 2.05) is 17.0 Å². The van der Waals surface area contributed by atoms with Gasteiger partial charge in [0.1, 0.15) is 5.69 Å². The molecule has 0 spiro atoms. The first kappa shape index (κ1) is 29.6. The van der Waals surface area contributed by atoms with Crippen LogP contribution in [0.3, 0.4) is 0 Å². The molecule has 0 amide bonds. The third-order valence-corrected chi connectivity index (χ3v) is 6.97. The van der Waals surface area contributed by atoms with E-state index >= 15 is 0 Å². The summed E-state index contributed by atoms with van der Waals surface area (Å²) in [6, 6.07) is 9.99. The van der Waals surface area contributed by atoms with Crippen molar-refractivity contribution in [2.45, 2.75) is 59.9 Å². The molecule has 1 fully saturated rings. The summed E-state index contributed by atoms with van der Waals surface area (Å²) in [5.74, 6) is 1.80. The van der Waals surface area contributed by atoms with Gasteiger partial charge in [-0.3, -0.25) is 9.69 Å². The lowest BCUT2D eigenvalue weighted by Gasteiger charge is -2.30. The molecule has 3 aromatic rings. The van der Waals surface area contributed by atoms with Crippen molar-refractivity contribution in [3.63, 3.8) is 0 Å². The Morgan fingerprint density at radius 3 is 2.46 bits per heavy atom. The average Bonchev–Trinajstić information content (AvgIpc) is 3.37. The van der Waals surface area contributed by atoms with Crippen molar-refractivity contribution < 1.29 is 4.42 Å². The van der Waals surface area contributed by atoms with Crippen molar-refractivity contribution in [2.24, 2.45) is 11.8 Å². The first-order chi connectivity index (χ1) is 18.7. The maximum atomic E-state index is 12.4. The fourth-order valence-electron chi connectivity index (χ4n) is 4.39. The van der Waals surface area contributed by atoms with Crippen molar-refractivity contribution in [1.29, 1.82) is 5.26 Å². The number of piperidine rings is 1. The predicted molar refractivity (Wildman–Crippen MR) is 154 cm³/mol. The molecule has 210 valence electrons. The van der Waals surface area contributed by atoms with Crippen molar-refractivity contribution >= 4 is 17.7 Å². The van der Waals surface area contributed by atoms with Crippen LogP contribution in [0.4, 0.5) is 17.7 Å². The number of hydrogen-bond donors (Lipinski definition) is 3. The Labute approximate surface area is 230 Å². The van der Waals surface area contributed by atoms with Crippen LogP contribution >= 0.6 is 0 Å². The van der Waals surface area contributed by atoms with Gasteiger partial charge in [-0.15, -0.1) is 5.10 Å². The van der Waals surface area contributed by atoms with Crippen LogP contribution in [-0.2, 0) is 6.54 Å². The molecular formula is C28H41N9O2. The van der Waals surface area contributed by atoms with Crippen LogP contribution in [0.25, 0.3) is 11.6 Å². The molecular weight excluding hydrogens is 494 g/mol. The highest BCUT2D eigenvalue weighted by Gasteiger charge is 2.20. The van der Waals surface area contributed by atoms with Crippen LogP contribution < -0.4 is 21.9 Å². The summed E-state index contributed by atoms with van der Waals surface area (Å²) in [7, 11) is 0. The number of nitrogens with zero attached hydrogens (tertiary/aromatic N) is 6. The van der Waals surface area contributed by atoms with Crippen molar-refractivity contribution in [3.8, 4) is 17.7 Å². The first-order valence-electron chi connectivity index (χ1n) is 13.7. The highest BCUT2D eigenvalue weighted by molar-refractivity contribution is 5.64. The lowest BCUT2D eigenvalue weighted by atomic mass is 9.99. The number of H-pyrrole nitrogens is 1. The van der Waals surface area contributed by atoms with Gasteiger partial charge < -0.3 is 25.8 Å². The Morgan fingerprint density at radius 2 is 1.90 bits per heavy atom. The van der Waals surface area contributed by atoms with Gasteiger partial charge in [-0.25, -0.2) is 4.98 Å². The van der Waals surface area contributed by atoms with Gasteiger partial charge in [-0.1, -0.05) is 51.3 Å². The Kier molecular flexibility index (Phi) is 10.9. The number of rotatable bonds is 9. The number of hydrogen-bond acceptors (Lipinski definition) is 10. The molecule has 1 unspecified atom stereocenters. The zero-order valence-electron chi connectivity index (χ0n) is 23.5. The molecule has 3 heterocycles. The Bertz CT molecular complexity index is 1270. The minimum atomic E-state index is -0.345. The normalized spacial score (nSPS) is 14.7. The molecule has 0 aliphatic carbocycles. The van der Waals surface area contributed by atoms with Crippen molar-refractivity contribution in [3.05, 3.63) is 45.7 Å². The lowest BCUT2D eigenvalue weighted by Crippen LogP contribution is -2.35. The zero-order valence-corrected chi connectivity index (χ0v) is 23.5. The molecule has 1 aliphatic rings. The maximum absolute atomic E-state index is 12.4. The molecule has 5 N–H and O–H groups in total. The Hall–Kier alpha value is -3.91. The molecule has 1 atom stereocenters. The number of nitrogen functional groups attached to an aromatic ring is 2. The summed E-state index contributed by atoms with van der Waals surface area (Å²) in [6.07, 6.45) is 4.55. The van der Waals surface area contributed by atoms with Crippen LogP contribution in [0.1, 0.15) is 64.5 Å². The minimum absolute atomic E-state index is 0.0418. The number of aromatic amines is 1. The van der Waals surface area contributed by atoms with Gasteiger partial charge in [-0.05, 0) is 61.9 Å². The van der Waals surface area contributed by atoms with Gasteiger partial charge in [0.25, 0.3) is 11.4 Å². The number of likely N-dealkylation sites (tertiary alicyclic amines) is 1. The highest BCUT2D eigenvalue weighted by Crippen LogP contribution is 2.22. The summed E-state index contributed by atoms with van der Waals surface area (Å²) in [6.45, 7) is 13.6. The van der Waals surface area contributed by atoms with Crippen LogP contribution in [-0.4, -0.2) is 51.2 Å². The summed E-state index contributed by atoms with van der Waals surface area (Å²) in [5.41, 5.74) is 13.2.